The minimum Gasteiger partial charge on any atom is -0.389 e. The lowest BCUT2D eigenvalue weighted by molar-refractivity contribution is -0.0514. The number of fused-ring (bicyclic) bond motifs is 4. The van der Waals surface area contributed by atoms with Gasteiger partial charge in [-0.2, -0.15) is 0 Å². The van der Waals surface area contributed by atoms with E-state index in [1.54, 1.807) is 5.57 Å². The second-order valence-corrected chi connectivity index (χ2v) is 10.9. The van der Waals surface area contributed by atoms with E-state index in [0.29, 0.717) is 17.8 Å². The molecule has 4 aliphatic rings. The summed E-state index contributed by atoms with van der Waals surface area (Å²) in [4.78, 5) is 2.14. The minimum absolute atomic E-state index is 0.203. The van der Waals surface area contributed by atoms with Crippen LogP contribution in [0, 0.1) is 29.1 Å². The first kappa shape index (κ1) is 21.8. The molecule has 1 aromatic rings. The molecule has 3 heteroatoms. The molecule has 1 aromatic carbocycles. The van der Waals surface area contributed by atoms with Crippen molar-refractivity contribution in [1.82, 2.24) is 0 Å². The molecule has 170 valence electrons. The molecule has 4 aliphatic carbocycles. The van der Waals surface area contributed by atoms with Crippen molar-refractivity contribution in [2.24, 2.45) is 17.3 Å². The van der Waals surface area contributed by atoms with Gasteiger partial charge in [-0.3, -0.25) is 0 Å². The molecule has 0 amide bonds. The molecule has 2 fully saturated rings. The van der Waals surface area contributed by atoms with E-state index < -0.39 is 5.60 Å². The molecule has 6 atom stereocenters. The van der Waals surface area contributed by atoms with Gasteiger partial charge in [0.1, 0.15) is 5.60 Å². The van der Waals surface area contributed by atoms with Crippen LogP contribution in [0.15, 0.2) is 47.1 Å². The van der Waals surface area contributed by atoms with Gasteiger partial charge in [0.15, 0.2) is 0 Å². The molecular weight excluding hydrogens is 394 g/mol. The standard InChI is InChI=1S/C29H37NO2/c1-5-15-29(32)16-14-26-24-12-8-20-17-22(31)11-13-23(20)27(24)25(18-28(26,29)2)19-6-9-21(10-7-19)30(3)4/h6-7,9-10,17,22,24-26,31-32H,8,11-14,16,18H2,1-4H3/t22-,24+,25-,26+,28+,29-/m1/s1. The summed E-state index contributed by atoms with van der Waals surface area (Å²) in [5.74, 6) is 7.58. The van der Waals surface area contributed by atoms with Crippen LogP contribution in [-0.2, 0) is 0 Å². The van der Waals surface area contributed by atoms with Crippen molar-refractivity contribution in [1.29, 1.82) is 0 Å². The zero-order valence-electron chi connectivity index (χ0n) is 20.0. The van der Waals surface area contributed by atoms with E-state index in [2.05, 4.69) is 68.1 Å². The topological polar surface area (TPSA) is 43.7 Å². The van der Waals surface area contributed by atoms with Crippen LogP contribution < -0.4 is 4.90 Å². The van der Waals surface area contributed by atoms with Gasteiger partial charge in [0.2, 0.25) is 0 Å². The Kier molecular flexibility index (Phi) is 5.31. The summed E-state index contributed by atoms with van der Waals surface area (Å²) in [7, 11) is 4.16. The number of allylic oxidation sites excluding steroid dienone is 3. The highest BCUT2D eigenvalue weighted by molar-refractivity contribution is 5.52. The van der Waals surface area contributed by atoms with Gasteiger partial charge >= 0.3 is 0 Å². The molecule has 0 radical (unpaired) electrons. The average Bonchev–Trinajstić information content (AvgIpc) is 3.03. The van der Waals surface area contributed by atoms with E-state index in [0.717, 1.165) is 44.9 Å². The van der Waals surface area contributed by atoms with Crippen molar-refractivity contribution in [3.05, 3.63) is 52.6 Å². The summed E-state index contributed by atoms with van der Waals surface area (Å²) in [6.45, 7) is 4.17. The minimum atomic E-state index is -0.899. The molecule has 0 aliphatic heterocycles. The highest BCUT2D eigenvalue weighted by atomic mass is 16.3. The molecule has 2 N–H and O–H groups in total. The smallest absolute Gasteiger partial charge is 0.131 e. The fraction of sp³-hybridized carbons (Fsp3) is 0.586. The van der Waals surface area contributed by atoms with Gasteiger partial charge in [-0.15, -0.1) is 5.92 Å². The van der Waals surface area contributed by atoms with E-state index in [4.69, 9.17) is 0 Å². The molecule has 5 rings (SSSR count). The number of hydrogen-bond donors (Lipinski definition) is 2. The molecule has 3 nitrogen and oxygen atoms in total. The van der Waals surface area contributed by atoms with Gasteiger partial charge in [-0.05, 0) is 92.5 Å². The number of anilines is 1. The third-order valence-corrected chi connectivity index (χ3v) is 9.16. The van der Waals surface area contributed by atoms with Crippen LogP contribution in [0.5, 0.6) is 0 Å². The Morgan fingerprint density at radius 1 is 1.06 bits per heavy atom. The van der Waals surface area contributed by atoms with Gasteiger partial charge in [0.25, 0.3) is 0 Å². The fourth-order valence-corrected chi connectivity index (χ4v) is 7.50. The number of aliphatic hydroxyl groups is 2. The lowest BCUT2D eigenvalue weighted by atomic mass is 9.51. The largest absolute Gasteiger partial charge is 0.389 e. The van der Waals surface area contributed by atoms with Crippen molar-refractivity contribution in [2.75, 3.05) is 19.0 Å². The summed E-state index contributed by atoms with van der Waals surface area (Å²) in [6.07, 6.45) is 8.58. The molecule has 0 bridgehead atoms. The van der Waals surface area contributed by atoms with E-state index in [-0.39, 0.29) is 11.5 Å². The second-order valence-electron chi connectivity index (χ2n) is 10.9. The lowest BCUT2D eigenvalue weighted by Gasteiger charge is -2.54. The molecule has 0 saturated heterocycles. The van der Waals surface area contributed by atoms with Crippen molar-refractivity contribution in [2.45, 2.75) is 76.4 Å². The van der Waals surface area contributed by atoms with Crippen LogP contribution in [0.3, 0.4) is 0 Å². The number of rotatable bonds is 2. The molecule has 2 saturated carbocycles. The third-order valence-electron chi connectivity index (χ3n) is 9.16. The van der Waals surface area contributed by atoms with Gasteiger partial charge in [0, 0.05) is 31.1 Å². The Labute approximate surface area is 193 Å². The Morgan fingerprint density at radius 2 is 1.81 bits per heavy atom. The van der Waals surface area contributed by atoms with E-state index in [9.17, 15) is 10.2 Å². The Balaban J connectivity index is 1.66. The summed E-state index contributed by atoms with van der Waals surface area (Å²) in [5, 5.41) is 22.0. The monoisotopic (exact) mass is 431 g/mol. The molecular formula is C29H37NO2. The lowest BCUT2D eigenvalue weighted by Crippen LogP contribution is -2.51. The van der Waals surface area contributed by atoms with Gasteiger partial charge < -0.3 is 15.1 Å². The van der Waals surface area contributed by atoms with Crippen molar-refractivity contribution < 1.29 is 10.2 Å². The SMILES string of the molecule is CC#C[C@@]1(O)CC[C@H]2[C@@H]3CCC4=C[C@H](O)CCC4=C3[C@@H](c3ccc(N(C)C)cc3)C[C@@]21C. The molecule has 0 heterocycles. The summed E-state index contributed by atoms with van der Waals surface area (Å²) in [6, 6.07) is 9.04. The second kappa shape index (κ2) is 7.79. The van der Waals surface area contributed by atoms with Crippen LogP contribution in [0.4, 0.5) is 5.69 Å². The van der Waals surface area contributed by atoms with Crippen molar-refractivity contribution in [3.8, 4) is 11.8 Å². The quantitative estimate of drug-likeness (QED) is 0.633. The maximum atomic E-state index is 11.7. The zero-order chi connectivity index (χ0) is 22.7. The van der Waals surface area contributed by atoms with Crippen LogP contribution in [-0.4, -0.2) is 36.0 Å². The van der Waals surface area contributed by atoms with Crippen LogP contribution in [0.25, 0.3) is 0 Å². The predicted molar refractivity (Wildman–Crippen MR) is 130 cm³/mol. The summed E-state index contributed by atoms with van der Waals surface area (Å²) >= 11 is 0. The van der Waals surface area contributed by atoms with E-state index in [1.807, 2.05) is 6.92 Å². The number of nitrogens with zero attached hydrogens (tertiary/aromatic N) is 1. The molecule has 0 spiro atoms. The zero-order valence-corrected chi connectivity index (χ0v) is 20.0. The van der Waals surface area contributed by atoms with Crippen LogP contribution >= 0.6 is 0 Å². The predicted octanol–water partition coefficient (Wildman–Crippen LogP) is 5.20. The summed E-state index contributed by atoms with van der Waals surface area (Å²) < 4.78 is 0. The summed E-state index contributed by atoms with van der Waals surface area (Å²) in [5.41, 5.74) is 5.98. The molecule has 0 aromatic heterocycles. The normalized spacial score (nSPS) is 38.1. The van der Waals surface area contributed by atoms with Crippen molar-refractivity contribution >= 4 is 5.69 Å². The Bertz CT molecular complexity index is 1020. The highest BCUT2D eigenvalue weighted by Gasteiger charge is 2.62. The maximum Gasteiger partial charge on any atom is 0.131 e. The van der Waals surface area contributed by atoms with Gasteiger partial charge in [0.05, 0.1) is 6.10 Å². The number of benzene rings is 1. The first-order valence-electron chi connectivity index (χ1n) is 12.3. The van der Waals surface area contributed by atoms with Crippen molar-refractivity contribution in [3.63, 3.8) is 0 Å². The van der Waals surface area contributed by atoms with Gasteiger partial charge in [-0.1, -0.05) is 36.6 Å². The Morgan fingerprint density at radius 3 is 2.50 bits per heavy atom. The van der Waals surface area contributed by atoms with E-state index in [1.165, 1.54) is 22.4 Å². The molecule has 0 unspecified atom stereocenters. The number of aliphatic hydroxyl groups excluding tert-OH is 1. The first-order chi connectivity index (χ1) is 15.3. The maximum absolute atomic E-state index is 11.7. The van der Waals surface area contributed by atoms with Crippen LogP contribution in [0.1, 0.15) is 70.3 Å². The Hall–Kier alpha value is -2.02. The average molecular weight is 432 g/mol. The van der Waals surface area contributed by atoms with E-state index >= 15 is 0 Å². The third kappa shape index (κ3) is 3.18. The molecule has 32 heavy (non-hydrogen) atoms. The number of hydrogen-bond acceptors (Lipinski definition) is 3. The first-order valence-corrected chi connectivity index (χ1v) is 12.3. The van der Waals surface area contributed by atoms with Gasteiger partial charge in [-0.25, -0.2) is 0 Å². The fourth-order valence-electron chi connectivity index (χ4n) is 7.50. The van der Waals surface area contributed by atoms with Crippen LogP contribution in [0.2, 0.25) is 0 Å². The highest BCUT2D eigenvalue weighted by Crippen LogP contribution is 2.66.